The number of nitrogens with zero attached hydrogens (tertiary/aromatic N) is 1. The van der Waals surface area contributed by atoms with Crippen molar-refractivity contribution in [2.24, 2.45) is 5.41 Å². The van der Waals surface area contributed by atoms with Gasteiger partial charge in [0.2, 0.25) is 0 Å². The number of rotatable bonds is 4. The van der Waals surface area contributed by atoms with Crippen LogP contribution >= 0.6 is 0 Å². The molecule has 3 N–H and O–H groups in total. The number of aliphatic hydroxyl groups is 1. The van der Waals surface area contributed by atoms with Gasteiger partial charge in [-0.1, -0.05) is 20.8 Å². The third-order valence-electron chi connectivity index (χ3n) is 2.05. The van der Waals surface area contributed by atoms with Crippen LogP contribution in [0.2, 0.25) is 0 Å². The van der Waals surface area contributed by atoms with Crippen LogP contribution in [0.1, 0.15) is 27.2 Å². The van der Waals surface area contributed by atoms with Gasteiger partial charge in [-0.3, -0.25) is 4.79 Å². The van der Waals surface area contributed by atoms with E-state index in [9.17, 15) is 9.90 Å². The number of anilines is 1. The summed E-state index contributed by atoms with van der Waals surface area (Å²) in [4.78, 5) is 10.9. The van der Waals surface area contributed by atoms with Crippen LogP contribution in [0.15, 0.2) is 17.1 Å². The first-order chi connectivity index (χ1) is 7.37. The van der Waals surface area contributed by atoms with Crippen molar-refractivity contribution in [3.05, 3.63) is 22.6 Å². The van der Waals surface area contributed by atoms with Gasteiger partial charge in [0.25, 0.3) is 5.56 Å². The van der Waals surface area contributed by atoms with Crippen LogP contribution in [-0.2, 0) is 0 Å². The van der Waals surface area contributed by atoms with E-state index in [1.165, 1.54) is 12.3 Å². The van der Waals surface area contributed by atoms with Gasteiger partial charge in [0, 0.05) is 12.6 Å². The third kappa shape index (κ3) is 4.93. The molecule has 1 atom stereocenters. The highest BCUT2D eigenvalue weighted by Gasteiger charge is 2.16. The Labute approximate surface area is 94.9 Å². The predicted molar refractivity (Wildman–Crippen MR) is 63.4 cm³/mol. The molecular weight excluding hydrogens is 206 g/mol. The topological polar surface area (TPSA) is 78.0 Å². The number of aromatic amines is 1. The molecule has 16 heavy (non-hydrogen) atoms. The smallest absolute Gasteiger partial charge is 0.266 e. The van der Waals surface area contributed by atoms with Crippen molar-refractivity contribution < 1.29 is 5.11 Å². The zero-order chi connectivity index (χ0) is 12.2. The minimum Gasteiger partial charge on any atom is -0.391 e. The lowest BCUT2D eigenvalue weighted by Crippen LogP contribution is -2.25. The van der Waals surface area contributed by atoms with E-state index in [0.717, 1.165) is 0 Å². The second-order valence-electron chi connectivity index (χ2n) is 5.13. The molecule has 1 aromatic rings. The van der Waals surface area contributed by atoms with Crippen LogP contribution < -0.4 is 10.9 Å². The van der Waals surface area contributed by atoms with Crippen LogP contribution in [0.25, 0.3) is 0 Å². The molecule has 1 unspecified atom stereocenters. The quantitative estimate of drug-likeness (QED) is 0.713. The summed E-state index contributed by atoms with van der Waals surface area (Å²) in [6, 6.07) is 1.41. The largest absolute Gasteiger partial charge is 0.391 e. The van der Waals surface area contributed by atoms with Gasteiger partial charge in [0.05, 0.1) is 18.0 Å². The van der Waals surface area contributed by atoms with Crippen LogP contribution in [0, 0.1) is 5.41 Å². The van der Waals surface area contributed by atoms with Gasteiger partial charge < -0.3 is 10.4 Å². The fraction of sp³-hybridized carbons (Fsp3) is 0.636. The number of aromatic nitrogens is 2. The Hall–Kier alpha value is -1.36. The van der Waals surface area contributed by atoms with E-state index < -0.39 is 6.10 Å². The van der Waals surface area contributed by atoms with Crippen molar-refractivity contribution >= 4 is 5.69 Å². The molecule has 5 heteroatoms. The van der Waals surface area contributed by atoms with Crippen LogP contribution in [0.3, 0.4) is 0 Å². The molecule has 0 saturated heterocycles. The Morgan fingerprint density at radius 2 is 2.25 bits per heavy atom. The van der Waals surface area contributed by atoms with Gasteiger partial charge in [-0.2, -0.15) is 5.10 Å². The van der Waals surface area contributed by atoms with Gasteiger partial charge in [0.1, 0.15) is 0 Å². The summed E-state index contributed by atoms with van der Waals surface area (Å²) >= 11 is 0. The Morgan fingerprint density at radius 1 is 1.56 bits per heavy atom. The molecule has 1 heterocycles. The molecule has 0 spiro atoms. The molecule has 0 aliphatic heterocycles. The number of hydrogen-bond acceptors (Lipinski definition) is 4. The summed E-state index contributed by atoms with van der Waals surface area (Å²) in [5.41, 5.74) is 0.458. The van der Waals surface area contributed by atoms with E-state index in [0.29, 0.717) is 18.7 Å². The Morgan fingerprint density at radius 3 is 2.81 bits per heavy atom. The minimum atomic E-state index is -0.431. The minimum absolute atomic E-state index is 0.0908. The molecule has 0 saturated carbocycles. The average molecular weight is 225 g/mol. The zero-order valence-electron chi connectivity index (χ0n) is 9.95. The third-order valence-corrected chi connectivity index (χ3v) is 2.05. The Bertz CT molecular complexity index is 381. The Kier molecular flexibility index (Phi) is 4.06. The fourth-order valence-electron chi connectivity index (χ4n) is 1.49. The van der Waals surface area contributed by atoms with Crippen molar-refractivity contribution in [1.82, 2.24) is 10.2 Å². The van der Waals surface area contributed by atoms with Crippen LogP contribution in [0.5, 0.6) is 0 Å². The zero-order valence-corrected chi connectivity index (χ0v) is 9.95. The van der Waals surface area contributed by atoms with Crippen molar-refractivity contribution in [3.63, 3.8) is 0 Å². The van der Waals surface area contributed by atoms with Crippen molar-refractivity contribution in [2.75, 3.05) is 11.9 Å². The van der Waals surface area contributed by atoms with E-state index >= 15 is 0 Å². The van der Waals surface area contributed by atoms with Gasteiger partial charge in [0.15, 0.2) is 0 Å². The lowest BCUT2D eigenvalue weighted by molar-refractivity contribution is 0.132. The molecule has 0 aliphatic carbocycles. The maximum atomic E-state index is 10.9. The first kappa shape index (κ1) is 12.7. The van der Waals surface area contributed by atoms with Crippen LogP contribution in [-0.4, -0.2) is 28.0 Å². The molecule has 0 aromatic carbocycles. The standard InChI is InChI=1S/C11H19N3O2/c1-11(2,3)5-9(15)7-12-8-4-10(16)14-13-6-8/h4,6,9,15H,5,7H2,1-3H3,(H2,12,14,16). The van der Waals surface area contributed by atoms with Crippen molar-refractivity contribution in [2.45, 2.75) is 33.3 Å². The number of hydrogen-bond donors (Lipinski definition) is 3. The van der Waals surface area contributed by atoms with Crippen molar-refractivity contribution in [3.8, 4) is 0 Å². The summed E-state index contributed by atoms with van der Waals surface area (Å²) in [7, 11) is 0. The highest BCUT2D eigenvalue weighted by molar-refractivity contribution is 5.38. The second kappa shape index (κ2) is 5.12. The van der Waals surface area contributed by atoms with Gasteiger partial charge in [-0.15, -0.1) is 0 Å². The van der Waals surface area contributed by atoms with E-state index in [4.69, 9.17) is 0 Å². The number of H-pyrrole nitrogens is 1. The van der Waals surface area contributed by atoms with Gasteiger partial charge in [-0.25, -0.2) is 5.10 Å². The average Bonchev–Trinajstić information content (AvgIpc) is 2.12. The summed E-state index contributed by atoms with van der Waals surface area (Å²) in [6.07, 6.45) is 1.79. The first-order valence-corrected chi connectivity index (χ1v) is 5.33. The fourth-order valence-corrected chi connectivity index (χ4v) is 1.49. The Balaban J connectivity index is 2.43. The highest BCUT2D eigenvalue weighted by atomic mass is 16.3. The maximum Gasteiger partial charge on any atom is 0.266 e. The lowest BCUT2D eigenvalue weighted by atomic mass is 9.89. The summed E-state index contributed by atoms with van der Waals surface area (Å²) in [5, 5.41) is 18.7. The molecule has 0 aliphatic rings. The monoisotopic (exact) mass is 225 g/mol. The molecule has 0 bridgehead atoms. The van der Waals surface area contributed by atoms with Gasteiger partial charge in [-0.05, 0) is 11.8 Å². The number of nitrogens with one attached hydrogen (secondary N) is 2. The van der Waals surface area contributed by atoms with E-state index in [1.54, 1.807) is 0 Å². The normalized spacial score (nSPS) is 13.5. The molecule has 0 amide bonds. The second-order valence-corrected chi connectivity index (χ2v) is 5.13. The molecule has 0 radical (unpaired) electrons. The highest BCUT2D eigenvalue weighted by Crippen LogP contribution is 2.20. The van der Waals surface area contributed by atoms with Crippen LogP contribution in [0.4, 0.5) is 5.69 Å². The molecule has 0 fully saturated rings. The lowest BCUT2D eigenvalue weighted by Gasteiger charge is -2.22. The predicted octanol–water partition coefficient (Wildman–Crippen LogP) is 0.979. The van der Waals surface area contributed by atoms with Gasteiger partial charge >= 0.3 is 0 Å². The van der Waals surface area contributed by atoms with E-state index in [2.05, 4.69) is 36.3 Å². The summed E-state index contributed by atoms with van der Waals surface area (Å²) in [6.45, 7) is 6.64. The number of aliphatic hydroxyl groups excluding tert-OH is 1. The molecule has 1 aromatic heterocycles. The van der Waals surface area contributed by atoms with Crippen molar-refractivity contribution in [1.29, 1.82) is 0 Å². The maximum absolute atomic E-state index is 10.9. The summed E-state index contributed by atoms with van der Waals surface area (Å²) in [5.74, 6) is 0. The molecule has 90 valence electrons. The molecular formula is C11H19N3O2. The summed E-state index contributed by atoms with van der Waals surface area (Å²) < 4.78 is 0. The first-order valence-electron chi connectivity index (χ1n) is 5.33. The molecule has 5 nitrogen and oxygen atoms in total. The van der Waals surface area contributed by atoms with E-state index in [-0.39, 0.29) is 11.0 Å². The molecule has 1 rings (SSSR count). The SMILES string of the molecule is CC(C)(C)CC(O)CNc1cn[nH]c(=O)c1. The van der Waals surface area contributed by atoms with E-state index in [1.807, 2.05) is 0 Å².